The molecule has 0 radical (unpaired) electrons. The molecule has 4 heterocycles. The summed E-state index contributed by atoms with van der Waals surface area (Å²) in [6.07, 6.45) is 8.18. The molecule has 5 rings (SSSR count). The van der Waals surface area contributed by atoms with E-state index in [1.165, 1.54) is 32.1 Å². The molecule has 0 saturated carbocycles. The van der Waals surface area contributed by atoms with Crippen molar-refractivity contribution in [1.82, 2.24) is 9.80 Å². The van der Waals surface area contributed by atoms with E-state index in [9.17, 15) is 9.90 Å². The SMILES string of the molecule is COc1ccsc1C1(O)CCN(CCC(C(=O)N2C3CCC[C@@H]2CC3)c2ccccc2)CC1. The molecular formula is C27H36N2O3S. The second-order valence-electron chi connectivity index (χ2n) is 10.0. The number of piperidine rings is 2. The molecule has 1 amide bonds. The molecule has 1 N–H and O–H groups in total. The molecule has 0 aliphatic carbocycles. The third kappa shape index (κ3) is 4.58. The van der Waals surface area contributed by atoms with E-state index in [4.69, 9.17) is 4.74 Å². The van der Waals surface area contributed by atoms with Gasteiger partial charge < -0.3 is 19.6 Å². The normalized spacial score (nSPS) is 25.7. The van der Waals surface area contributed by atoms with E-state index in [-0.39, 0.29) is 5.92 Å². The van der Waals surface area contributed by atoms with Crippen LogP contribution in [0.5, 0.6) is 5.75 Å². The van der Waals surface area contributed by atoms with Gasteiger partial charge in [0, 0.05) is 25.2 Å². The molecule has 33 heavy (non-hydrogen) atoms. The molecule has 2 aromatic rings. The van der Waals surface area contributed by atoms with Crippen LogP contribution < -0.4 is 4.74 Å². The summed E-state index contributed by atoms with van der Waals surface area (Å²) in [7, 11) is 1.67. The summed E-state index contributed by atoms with van der Waals surface area (Å²) in [5.74, 6) is 1.05. The Labute approximate surface area is 201 Å². The van der Waals surface area contributed by atoms with E-state index >= 15 is 0 Å². The Morgan fingerprint density at radius 2 is 1.82 bits per heavy atom. The van der Waals surface area contributed by atoms with Crippen molar-refractivity contribution in [3.63, 3.8) is 0 Å². The van der Waals surface area contributed by atoms with Crippen LogP contribution >= 0.6 is 11.3 Å². The average Bonchev–Trinajstić information content (AvgIpc) is 3.43. The monoisotopic (exact) mass is 468 g/mol. The highest BCUT2D eigenvalue weighted by Crippen LogP contribution is 2.42. The number of rotatable bonds is 7. The maximum Gasteiger partial charge on any atom is 0.230 e. The molecule has 2 bridgehead atoms. The Bertz CT molecular complexity index is 922. The second kappa shape index (κ2) is 9.77. The maximum atomic E-state index is 13.8. The van der Waals surface area contributed by atoms with Crippen LogP contribution in [0, 0.1) is 0 Å². The van der Waals surface area contributed by atoms with Gasteiger partial charge >= 0.3 is 0 Å². The minimum atomic E-state index is -0.808. The van der Waals surface area contributed by atoms with Gasteiger partial charge in [-0.05, 0) is 74.9 Å². The van der Waals surface area contributed by atoms with Crippen molar-refractivity contribution in [3.05, 3.63) is 52.2 Å². The van der Waals surface area contributed by atoms with Crippen molar-refractivity contribution in [3.8, 4) is 5.75 Å². The number of aliphatic hydroxyl groups is 1. The highest BCUT2D eigenvalue weighted by Gasteiger charge is 2.42. The van der Waals surface area contributed by atoms with Crippen LogP contribution in [0.3, 0.4) is 0 Å². The summed E-state index contributed by atoms with van der Waals surface area (Å²) in [4.78, 5) is 19.4. The van der Waals surface area contributed by atoms with Gasteiger partial charge in [0.25, 0.3) is 0 Å². The highest BCUT2D eigenvalue weighted by atomic mass is 32.1. The first kappa shape index (κ1) is 22.9. The molecular weight excluding hydrogens is 432 g/mol. The lowest BCUT2D eigenvalue weighted by molar-refractivity contribution is -0.137. The number of likely N-dealkylation sites (tertiary alicyclic amines) is 1. The molecule has 1 aromatic carbocycles. The minimum absolute atomic E-state index is 0.0781. The number of carbonyl (C=O) groups is 1. The van der Waals surface area contributed by atoms with Gasteiger partial charge in [0.2, 0.25) is 5.91 Å². The molecule has 3 aliphatic rings. The molecule has 1 aromatic heterocycles. The van der Waals surface area contributed by atoms with Crippen molar-refractivity contribution in [2.45, 2.75) is 75.0 Å². The van der Waals surface area contributed by atoms with Gasteiger partial charge in [0.15, 0.2) is 0 Å². The lowest BCUT2D eigenvalue weighted by atomic mass is 9.88. The van der Waals surface area contributed by atoms with Crippen molar-refractivity contribution in [2.75, 3.05) is 26.7 Å². The Kier molecular flexibility index (Phi) is 6.77. The lowest BCUT2D eigenvalue weighted by Crippen LogP contribution is -2.47. The lowest BCUT2D eigenvalue weighted by Gasteiger charge is -2.39. The Morgan fingerprint density at radius 3 is 2.48 bits per heavy atom. The van der Waals surface area contributed by atoms with Gasteiger partial charge in [-0.2, -0.15) is 0 Å². The highest BCUT2D eigenvalue weighted by molar-refractivity contribution is 7.10. The smallest absolute Gasteiger partial charge is 0.230 e. The minimum Gasteiger partial charge on any atom is -0.495 e. The van der Waals surface area contributed by atoms with Crippen LogP contribution in [0.1, 0.15) is 67.7 Å². The average molecular weight is 469 g/mol. The molecule has 3 saturated heterocycles. The maximum absolute atomic E-state index is 13.8. The number of hydrogen-bond acceptors (Lipinski definition) is 5. The first-order valence-corrected chi connectivity index (χ1v) is 13.4. The number of fused-ring (bicyclic) bond motifs is 2. The fourth-order valence-electron chi connectivity index (χ4n) is 6.26. The van der Waals surface area contributed by atoms with Crippen LogP contribution in [-0.2, 0) is 10.4 Å². The van der Waals surface area contributed by atoms with E-state index in [0.29, 0.717) is 30.8 Å². The molecule has 3 atom stereocenters. The van der Waals surface area contributed by atoms with Gasteiger partial charge in [-0.3, -0.25) is 4.79 Å². The zero-order valence-corrected chi connectivity index (χ0v) is 20.4. The zero-order chi connectivity index (χ0) is 22.8. The molecule has 3 aliphatic heterocycles. The number of nitrogens with zero attached hydrogens (tertiary/aromatic N) is 2. The quantitative estimate of drug-likeness (QED) is 0.637. The predicted molar refractivity (Wildman–Crippen MR) is 132 cm³/mol. The van der Waals surface area contributed by atoms with Crippen molar-refractivity contribution >= 4 is 17.2 Å². The number of methoxy groups -OCH3 is 1. The second-order valence-corrected chi connectivity index (χ2v) is 10.9. The van der Waals surface area contributed by atoms with E-state index in [1.807, 2.05) is 17.5 Å². The summed E-state index contributed by atoms with van der Waals surface area (Å²) in [5.41, 5.74) is 0.335. The predicted octanol–water partition coefficient (Wildman–Crippen LogP) is 4.76. The van der Waals surface area contributed by atoms with E-state index in [1.54, 1.807) is 18.4 Å². The number of ether oxygens (including phenoxy) is 1. The van der Waals surface area contributed by atoms with Gasteiger partial charge in [-0.25, -0.2) is 0 Å². The van der Waals surface area contributed by atoms with Crippen LogP contribution in [0.15, 0.2) is 41.8 Å². The summed E-state index contributed by atoms with van der Waals surface area (Å²) in [5, 5.41) is 13.3. The standard InChI is InChI=1S/C27H36N2O3S/c1-32-24-13-19-33-25(24)27(31)14-17-28(18-15-27)16-12-23(20-6-3-2-4-7-20)26(30)29-21-8-5-9-22(29)11-10-21/h2-4,6-7,13,19,21-23,31H,5,8-12,14-18H2,1H3/t21-,22?,23?/m1/s1. The molecule has 5 nitrogen and oxygen atoms in total. The van der Waals surface area contributed by atoms with Gasteiger partial charge in [0.05, 0.1) is 17.9 Å². The molecule has 178 valence electrons. The van der Waals surface area contributed by atoms with E-state index in [0.717, 1.165) is 42.2 Å². The molecule has 2 unspecified atom stereocenters. The van der Waals surface area contributed by atoms with Gasteiger partial charge in [-0.15, -0.1) is 11.3 Å². The largest absolute Gasteiger partial charge is 0.495 e. The Hall–Kier alpha value is -1.89. The van der Waals surface area contributed by atoms with E-state index in [2.05, 4.69) is 34.1 Å². The van der Waals surface area contributed by atoms with Crippen LogP contribution in [-0.4, -0.2) is 59.6 Å². The summed E-state index contributed by atoms with van der Waals surface area (Å²) < 4.78 is 5.46. The Morgan fingerprint density at radius 1 is 1.12 bits per heavy atom. The van der Waals surface area contributed by atoms with Crippen molar-refractivity contribution in [1.29, 1.82) is 0 Å². The summed E-state index contributed by atoms with van der Waals surface area (Å²) >= 11 is 1.58. The number of benzene rings is 1. The van der Waals surface area contributed by atoms with E-state index < -0.39 is 5.60 Å². The molecule has 3 fully saturated rings. The van der Waals surface area contributed by atoms with Gasteiger partial charge in [0.1, 0.15) is 11.4 Å². The first-order chi connectivity index (χ1) is 16.1. The number of thiophene rings is 1. The topological polar surface area (TPSA) is 53.0 Å². The third-order valence-corrected chi connectivity index (χ3v) is 9.23. The number of amides is 1. The number of carbonyl (C=O) groups excluding carboxylic acids is 1. The fraction of sp³-hybridized carbons (Fsp3) is 0.593. The van der Waals surface area contributed by atoms with Crippen molar-refractivity contribution < 1.29 is 14.6 Å². The Balaban J connectivity index is 1.25. The van der Waals surface area contributed by atoms with Gasteiger partial charge in [-0.1, -0.05) is 30.3 Å². The summed E-state index contributed by atoms with van der Waals surface area (Å²) in [6.45, 7) is 2.55. The zero-order valence-electron chi connectivity index (χ0n) is 19.6. The van der Waals surface area contributed by atoms with Crippen LogP contribution in [0.4, 0.5) is 0 Å². The molecule has 0 spiro atoms. The fourth-order valence-corrected chi connectivity index (χ4v) is 7.28. The van der Waals surface area contributed by atoms with Crippen molar-refractivity contribution in [2.24, 2.45) is 0 Å². The first-order valence-electron chi connectivity index (χ1n) is 12.5. The third-order valence-electron chi connectivity index (χ3n) is 8.14. The number of hydrogen-bond donors (Lipinski definition) is 1. The van der Waals surface area contributed by atoms with Crippen LogP contribution in [0.2, 0.25) is 0 Å². The summed E-state index contributed by atoms with van der Waals surface area (Å²) in [6, 6.07) is 13.2. The molecule has 6 heteroatoms. The van der Waals surface area contributed by atoms with Crippen LogP contribution in [0.25, 0.3) is 0 Å².